The molecule has 1 aliphatic heterocycles. The van der Waals surface area contributed by atoms with E-state index in [2.05, 4.69) is 0 Å². The van der Waals surface area contributed by atoms with Gasteiger partial charge in [0.25, 0.3) is 0 Å². The molecule has 18 heavy (non-hydrogen) atoms. The highest BCUT2D eigenvalue weighted by Crippen LogP contribution is 2.28. The minimum Gasteiger partial charge on any atom is -0.496 e. The van der Waals surface area contributed by atoms with E-state index in [1.165, 1.54) is 0 Å². The Morgan fingerprint density at radius 3 is 2.61 bits per heavy atom. The smallest absolute Gasteiger partial charge is 0.168 e. The van der Waals surface area contributed by atoms with Crippen LogP contribution >= 0.6 is 0 Å². The van der Waals surface area contributed by atoms with Gasteiger partial charge in [-0.3, -0.25) is 4.79 Å². The largest absolute Gasteiger partial charge is 0.496 e. The van der Waals surface area contributed by atoms with Crippen molar-refractivity contribution < 1.29 is 14.3 Å². The molecule has 98 valence electrons. The Morgan fingerprint density at radius 1 is 1.33 bits per heavy atom. The van der Waals surface area contributed by atoms with E-state index in [0.717, 1.165) is 28.9 Å². The third-order valence-corrected chi connectivity index (χ3v) is 3.58. The number of Topliss-reactive ketones (excluding diaryl/α,β-unsaturated/α-hetero) is 1. The zero-order valence-corrected chi connectivity index (χ0v) is 11.4. The first-order valence-electron chi connectivity index (χ1n) is 6.34. The van der Waals surface area contributed by atoms with Crippen LogP contribution in [0.1, 0.15) is 34.8 Å². The lowest BCUT2D eigenvalue weighted by Crippen LogP contribution is -2.16. The first-order valence-corrected chi connectivity index (χ1v) is 6.34. The predicted octanol–water partition coefficient (Wildman–Crippen LogP) is 2.92. The van der Waals surface area contributed by atoms with Gasteiger partial charge in [-0.2, -0.15) is 0 Å². The summed E-state index contributed by atoms with van der Waals surface area (Å²) < 4.78 is 10.7. The molecule has 1 heterocycles. The maximum absolute atomic E-state index is 12.4. The molecule has 1 aliphatic rings. The van der Waals surface area contributed by atoms with E-state index in [0.29, 0.717) is 6.61 Å². The maximum atomic E-state index is 12.4. The summed E-state index contributed by atoms with van der Waals surface area (Å²) in [5.41, 5.74) is 2.77. The highest BCUT2D eigenvalue weighted by molar-refractivity contribution is 5.99. The molecule has 0 saturated carbocycles. The van der Waals surface area contributed by atoms with E-state index < -0.39 is 0 Å². The number of aryl methyl sites for hydroxylation is 2. The molecule has 1 fully saturated rings. The van der Waals surface area contributed by atoms with Gasteiger partial charge in [0.05, 0.1) is 19.8 Å². The van der Waals surface area contributed by atoms with Gasteiger partial charge in [0.15, 0.2) is 5.78 Å². The van der Waals surface area contributed by atoms with Crippen LogP contribution in [0.4, 0.5) is 0 Å². The van der Waals surface area contributed by atoms with Gasteiger partial charge in [-0.1, -0.05) is 0 Å². The van der Waals surface area contributed by atoms with E-state index in [4.69, 9.17) is 9.47 Å². The Balaban J connectivity index is 2.28. The van der Waals surface area contributed by atoms with Gasteiger partial charge in [-0.15, -0.1) is 0 Å². The minimum atomic E-state index is 0.00601. The Labute approximate surface area is 108 Å². The molecule has 0 spiro atoms. The van der Waals surface area contributed by atoms with Gasteiger partial charge in [0, 0.05) is 11.5 Å². The lowest BCUT2D eigenvalue weighted by atomic mass is 9.91. The number of ketones is 1. The van der Waals surface area contributed by atoms with Gasteiger partial charge in [0.2, 0.25) is 0 Å². The Kier molecular flexibility index (Phi) is 3.71. The van der Waals surface area contributed by atoms with Crippen LogP contribution in [0, 0.1) is 19.8 Å². The number of hydrogen-bond acceptors (Lipinski definition) is 3. The summed E-state index contributed by atoms with van der Waals surface area (Å²) in [7, 11) is 1.65. The second-order valence-corrected chi connectivity index (χ2v) is 5.08. The average molecular weight is 248 g/mol. The molecule has 0 aromatic heterocycles. The molecular formula is C15H20O3. The van der Waals surface area contributed by atoms with E-state index in [9.17, 15) is 4.79 Å². The number of hydrogen-bond donors (Lipinski definition) is 0. The van der Waals surface area contributed by atoms with Crippen LogP contribution in [0.15, 0.2) is 12.1 Å². The number of ether oxygens (including phenoxy) is 2. The summed E-state index contributed by atoms with van der Waals surface area (Å²) in [6, 6.07) is 3.86. The van der Waals surface area contributed by atoms with Gasteiger partial charge in [-0.25, -0.2) is 0 Å². The summed E-state index contributed by atoms with van der Waals surface area (Å²) in [4.78, 5) is 12.4. The molecule has 0 amide bonds. The van der Waals surface area contributed by atoms with Crippen LogP contribution in [0.5, 0.6) is 5.75 Å². The summed E-state index contributed by atoms with van der Waals surface area (Å²) in [6.07, 6.45) is 1.02. The number of carbonyl (C=O) groups excluding carboxylic acids is 1. The Morgan fingerprint density at radius 2 is 2.06 bits per heavy atom. The first-order chi connectivity index (χ1) is 8.52. The van der Waals surface area contributed by atoms with Gasteiger partial charge in [0.1, 0.15) is 5.75 Å². The molecule has 1 aromatic rings. The van der Waals surface area contributed by atoms with Gasteiger partial charge < -0.3 is 9.47 Å². The van der Waals surface area contributed by atoms with Crippen molar-refractivity contribution in [2.75, 3.05) is 13.7 Å². The van der Waals surface area contributed by atoms with Crippen LogP contribution in [0.2, 0.25) is 0 Å². The van der Waals surface area contributed by atoms with Crippen molar-refractivity contribution in [2.24, 2.45) is 5.92 Å². The van der Waals surface area contributed by atoms with Crippen molar-refractivity contribution >= 4 is 5.78 Å². The molecule has 1 saturated heterocycles. The monoisotopic (exact) mass is 248 g/mol. The van der Waals surface area contributed by atoms with Crippen molar-refractivity contribution in [2.45, 2.75) is 33.3 Å². The number of rotatable bonds is 3. The van der Waals surface area contributed by atoms with Crippen LogP contribution in [0.3, 0.4) is 0 Å². The van der Waals surface area contributed by atoms with Crippen molar-refractivity contribution in [3.05, 3.63) is 28.8 Å². The third-order valence-electron chi connectivity index (χ3n) is 3.58. The number of methoxy groups -OCH3 is 1. The van der Waals surface area contributed by atoms with E-state index >= 15 is 0 Å². The van der Waals surface area contributed by atoms with Gasteiger partial charge in [-0.05, 0) is 50.5 Å². The topological polar surface area (TPSA) is 35.5 Å². The molecule has 2 unspecified atom stereocenters. The Hall–Kier alpha value is -1.35. The number of benzene rings is 1. The average Bonchev–Trinajstić information content (AvgIpc) is 2.77. The zero-order chi connectivity index (χ0) is 13.3. The summed E-state index contributed by atoms with van der Waals surface area (Å²) in [5.74, 6) is 1.04. The van der Waals surface area contributed by atoms with Crippen LogP contribution in [-0.4, -0.2) is 25.6 Å². The Bertz CT molecular complexity index is 465. The molecule has 0 aliphatic carbocycles. The summed E-state index contributed by atoms with van der Waals surface area (Å²) in [6.45, 7) is 6.47. The van der Waals surface area contributed by atoms with E-state index in [1.807, 2.05) is 32.9 Å². The van der Waals surface area contributed by atoms with Crippen LogP contribution in [0.25, 0.3) is 0 Å². The van der Waals surface area contributed by atoms with Crippen molar-refractivity contribution in [1.29, 1.82) is 0 Å². The molecular weight excluding hydrogens is 228 g/mol. The molecule has 2 rings (SSSR count). The van der Waals surface area contributed by atoms with Crippen LogP contribution < -0.4 is 4.74 Å². The minimum absolute atomic E-state index is 0.00601. The second kappa shape index (κ2) is 5.11. The van der Waals surface area contributed by atoms with E-state index in [-0.39, 0.29) is 17.8 Å². The quantitative estimate of drug-likeness (QED) is 0.771. The zero-order valence-electron chi connectivity index (χ0n) is 11.4. The maximum Gasteiger partial charge on any atom is 0.168 e. The predicted molar refractivity (Wildman–Crippen MR) is 70.3 cm³/mol. The van der Waals surface area contributed by atoms with Crippen molar-refractivity contribution in [1.82, 2.24) is 0 Å². The first kappa shape index (κ1) is 13.1. The third kappa shape index (κ3) is 2.41. The second-order valence-electron chi connectivity index (χ2n) is 5.08. The fourth-order valence-corrected chi connectivity index (χ4v) is 2.49. The highest BCUT2D eigenvalue weighted by atomic mass is 16.5. The standard InChI is InChI=1S/C15H20O3/c1-9-6-14(17-4)10(2)5-13(9)15(16)12-7-11(3)18-8-12/h5-6,11-12H,7-8H2,1-4H3. The molecule has 0 N–H and O–H groups in total. The molecule has 1 aromatic carbocycles. The fraction of sp³-hybridized carbons (Fsp3) is 0.533. The van der Waals surface area contributed by atoms with Crippen LogP contribution in [-0.2, 0) is 4.74 Å². The SMILES string of the molecule is COc1cc(C)c(C(=O)C2COC(C)C2)cc1C. The van der Waals surface area contributed by atoms with Crippen molar-refractivity contribution in [3.8, 4) is 5.75 Å². The van der Waals surface area contributed by atoms with E-state index in [1.54, 1.807) is 7.11 Å². The van der Waals surface area contributed by atoms with Gasteiger partial charge >= 0.3 is 0 Å². The fourth-order valence-electron chi connectivity index (χ4n) is 2.49. The molecule has 0 bridgehead atoms. The normalized spacial score (nSPS) is 23.1. The number of carbonyl (C=O) groups is 1. The molecule has 0 radical (unpaired) electrons. The molecule has 3 nitrogen and oxygen atoms in total. The molecule has 2 atom stereocenters. The summed E-state index contributed by atoms with van der Waals surface area (Å²) >= 11 is 0. The highest BCUT2D eigenvalue weighted by Gasteiger charge is 2.29. The lowest BCUT2D eigenvalue weighted by molar-refractivity contribution is 0.0877. The van der Waals surface area contributed by atoms with Crippen molar-refractivity contribution in [3.63, 3.8) is 0 Å². The molecule has 3 heteroatoms. The lowest BCUT2D eigenvalue weighted by Gasteiger charge is -2.13. The summed E-state index contributed by atoms with van der Waals surface area (Å²) in [5, 5.41) is 0.